The number of rotatable bonds is 3. The van der Waals surface area contributed by atoms with Gasteiger partial charge < -0.3 is 5.11 Å². The molecular formula is C11H20O2S. The minimum Gasteiger partial charge on any atom is -0.480 e. The second-order valence-corrected chi connectivity index (χ2v) is 4.92. The van der Waals surface area contributed by atoms with Gasteiger partial charge in [0.2, 0.25) is 0 Å². The Morgan fingerprint density at radius 1 is 1.21 bits per heavy atom. The highest BCUT2D eigenvalue weighted by Gasteiger charge is 2.19. The van der Waals surface area contributed by atoms with Crippen LogP contribution < -0.4 is 0 Å². The van der Waals surface area contributed by atoms with Crippen molar-refractivity contribution in [2.75, 3.05) is 0 Å². The average Bonchev–Trinajstić information content (AvgIpc) is 2.08. The van der Waals surface area contributed by atoms with E-state index in [4.69, 9.17) is 5.11 Å². The van der Waals surface area contributed by atoms with Crippen LogP contribution in [0.25, 0.3) is 0 Å². The van der Waals surface area contributed by atoms with E-state index < -0.39 is 11.2 Å². The molecule has 0 radical (unpaired) electrons. The van der Waals surface area contributed by atoms with Gasteiger partial charge in [0.15, 0.2) is 0 Å². The van der Waals surface area contributed by atoms with Crippen LogP contribution in [-0.2, 0) is 4.79 Å². The summed E-state index contributed by atoms with van der Waals surface area (Å²) in [5.74, 6) is -0.177. The number of hydrogen-bond donors (Lipinski definition) is 2. The lowest BCUT2D eigenvalue weighted by Gasteiger charge is -2.20. The Labute approximate surface area is 91.5 Å². The van der Waals surface area contributed by atoms with Crippen LogP contribution in [0.3, 0.4) is 0 Å². The van der Waals surface area contributed by atoms with E-state index >= 15 is 0 Å². The SMILES string of the molecule is O=C(O)C(S)CC1CCCCCCC1. The number of carboxylic acid groups (broad SMARTS) is 1. The van der Waals surface area contributed by atoms with E-state index in [-0.39, 0.29) is 0 Å². The quantitative estimate of drug-likeness (QED) is 0.711. The van der Waals surface area contributed by atoms with Crippen LogP contribution in [0.4, 0.5) is 0 Å². The van der Waals surface area contributed by atoms with E-state index in [0.29, 0.717) is 5.92 Å². The van der Waals surface area contributed by atoms with Gasteiger partial charge in [0.25, 0.3) is 0 Å². The zero-order chi connectivity index (χ0) is 10.4. The van der Waals surface area contributed by atoms with Crippen LogP contribution in [0.15, 0.2) is 0 Å². The molecule has 1 fully saturated rings. The summed E-state index contributed by atoms with van der Waals surface area (Å²) in [6, 6.07) is 0. The molecule has 2 nitrogen and oxygen atoms in total. The second kappa shape index (κ2) is 6.33. The molecular weight excluding hydrogens is 196 g/mol. The summed E-state index contributed by atoms with van der Waals surface area (Å²) in [4.78, 5) is 10.7. The van der Waals surface area contributed by atoms with E-state index in [9.17, 15) is 4.79 Å². The van der Waals surface area contributed by atoms with Gasteiger partial charge in [-0.3, -0.25) is 4.79 Å². The predicted molar refractivity (Wildman–Crippen MR) is 60.8 cm³/mol. The Balaban J connectivity index is 2.29. The minimum absolute atomic E-state index is 0.459. The highest BCUT2D eigenvalue weighted by Crippen LogP contribution is 2.27. The summed E-state index contributed by atoms with van der Waals surface area (Å²) >= 11 is 4.10. The Hall–Kier alpha value is -0.180. The van der Waals surface area contributed by atoms with Gasteiger partial charge in [0, 0.05) is 0 Å². The van der Waals surface area contributed by atoms with E-state index in [1.807, 2.05) is 0 Å². The zero-order valence-electron chi connectivity index (χ0n) is 8.61. The molecule has 0 spiro atoms. The smallest absolute Gasteiger partial charge is 0.316 e. The Morgan fingerprint density at radius 2 is 1.71 bits per heavy atom. The fraction of sp³-hybridized carbons (Fsp3) is 0.909. The number of thiol groups is 1. The molecule has 1 rings (SSSR count). The maximum atomic E-state index is 10.7. The van der Waals surface area contributed by atoms with Gasteiger partial charge in [-0.25, -0.2) is 0 Å². The summed E-state index contributed by atoms with van der Waals surface area (Å²) in [6.45, 7) is 0. The third-order valence-corrected chi connectivity index (χ3v) is 3.50. The van der Waals surface area contributed by atoms with Gasteiger partial charge in [-0.05, 0) is 12.3 Å². The van der Waals surface area contributed by atoms with Gasteiger partial charge >= 0.3 is 5.97 Å². The van der Waals surface area contributed by atoms with Gasteiger partial charge in [-0.1, -0.05) is 44.9 Å². The maximum absolute atomic E-state index is 10.7. The normalized spacial score (nSPS) is 22.4. The third kappa shape index (κ3) is 4.36. The number of hydrogen-bond acceptors (Lipinski definition) is 2. The van der Waals surface area contributed by atoms with Crippen molar-refractivity contribution >= 4 is 18.6 Å². The molecule has 1 atom stereocenters. The first-order valence-corrected chi connectivity index (χ1v) is 6.12. The highest BCUT2D eigenvalue weighted by atomic mass is 32.1. The lowest BCUT2D eigenvalue weighted by molar-refractivity contribution is -0.136. The van der Waals surface area contributed by atoms with E-state index in [0.717, 1.165) is 6.42 Å². The number of carbonyl (C=O) groups is 1. The summed E-state index contributed by atoms with van der Waals surface area (Å²) in [7, 11) is 0. The molecule has 1 N–H and O–H groups in total. The minimum atomic E-state index is -0.768. The summed E-state index contributed by atoms with van der Waals surface area (Å²) in [6.07, 6.45) is 9.68. The average molecular weight is 216 g/mol. The molecule has 1 unspecified atom stereocenters. The maximum Gasteiger partial charge on any atom is 0.316 e. The van der Waals surface area contributed by atoms with Crippen molar-refractivity contribution in [3.8, 4) is 0 Å². The molecule has 82 valence electrons. The van der Waals surface area contributed by atoms with E-state index in [1.165, 1.54) is 44.9 Å². The molecule has 0 saturated heterocycles. The first-order chi connectivity index (χ1) is 6.70. The van der Waals surface area contributed by atoms with Crippen molar-refractivity contribution in [3.63, 3.8) is 0 Å². The fourth-order valence-corrected chi connectivity index (χ4v) is 2.49. The molecule has 1 aliphatic rings. The molecule has 1 aliphatic carbocycles. The summed E-state index contributed by atoms with van der Waals surface area (Å²) in [5, 5.41) is 8.30. The predicted octanol–water partition coefficient (Wildman–Crippen LogP) is 3.12. The van der Waals surface area contributed by atoms with Crippen molar-refractivity contribution in [2.45, 2.75) is 56.6 Å². The van der Waals surface area contributed by atoms with Crippen molar-refractivity contribution < 1.29 is 9.90 Å². The molecule has 1 saturated carbocycles. The number of carboxylic acids is 1. The molecule has 14 heavy (non-hydrogen) atoms. The van der Waals surface area contributed by atoms with Crippen molar-refractivity contribution in [2.24, 2.45) is 5.92 Å². The zero-order valence-corrected chi connectivity index (χ0v) is 9.51. The van der Waals surface area contributed by atoms with Gasteiger partial charge in [0.05, 0.1) is 5.25 Å². The van der Waals surface area contributed by atoms with E-state index in [1.54, 1.807) is 0 Å². The topological polar surface area (TPSA) is 37.3 Å². The van der Waals surface area contributed by atoms with Crippen LogP contribution in [0, 0.1) is 5.92 Å². The molecule has 3 heteroatoms. The first kappa shape index (κ1) is 11.9. The van der Waals surface area contributed by atoms with Crippen LogP contribution in [0.2, 0.25) is 0 Å². The number of aliphatic carboxylic acids is 1. The molecule has 0 aromatic heterocycles. The van der Waals surface area contributed by atoms with Gasteiger partial charge in [-0.2, -0.15) is 12.6 Å². The lowest BCUT2D eigenvalue weighted by Crippen LogP contribution is -2.18. The molecule has 0 amide bonds. The third-order valence-electron chi connectivity index (χ3n) is 3.07. The lowest BCUT2D eigenvalue weighted by atomic mass is 9.88. The largest absolute Gasteiger partial charge is 0.480 e. The first-order valence-electron chi connectivity index (χ1n) is 5.61. The fourth-order valence-electron chi connectivity index (χ4n) is 2.19. The Morgan fingerprint density at radius 3 is 2.21 bits per heavy atom. The molecule has 0 bridgehead atoms. The molecule has 0 heterocycles. The van der Waals surface area contributed by atoms with Crippen molar-refractivity contribution in [1.29, 1.82) is 0 Å². The van der Waals surface area contributed by atoms with Crippen LogP contribution >= 0.6 is 12.6 Å². The molecule has 0 aliphatic heterocycles. The van der Waals surface area contributed by atoms with Crippen LogP contribution in [-0.4, -0.2) is 16.3 Å². The summed E-state index contributed by atoms with van der Waals surface area (Å²) < 4.78 is 0. The van der Waals surface area contributed by atoms with Gasteiger partial charge in [0.1, 0.15) is 0 Å². The van der Waals surface area contributed by atoms with Crippen molar-refractivity contribution in [1.82, 2.24) is 0 Å². The molecule has 0 aromatic rings. The van der Waals surface area contributed by atoms with Crippen LogP contribution in [0.5, 0.6) is 0 Å². The summed E-state index contributed by atoms with van der Waals surface area (Å²) in [5.41, 5.74) is 0. The Kier molecular flexibility index (Phi) is 5.38. The van der Waals surface area contributed by atoms with E-state index in [2.05, 4.69) is 12.6 Å². The second-order valence-electron chi connectivity index (χ2n) is 4.30. The molecule has 0 aromatic carbocycles. The monoisotopic (exact) mass is 216 g/mol. The van der Waals surface area contributed by atoms with Crippen molar-refractivity contribution in [3.05, 3.63) is 0 Å². The van der Waals surface area contributed by atoms with Crippen LogP contribution in [0.1, 0.15) is 51.4 Å². The Bertz CT molecular complexity index is 174. The standard InChI is InChI=1S/C11H20O2S/c12-11(13)10(14)8-9-6-4-2-1-3-5-7-9/h9-10,14H,1-8H2,(H,12,13). The highest BCUT2D eigenvalue weighted by molar-refractivity contribution is 7.81. The van der Waals surface area contributed by atoms with Gasteiger partial charge in [-0.15, -0.1) is 0 Å².